The van der Waals surface area contributed by atoms with E-state index in [-0.39, 0.29) is 0 Å². The summed E-state index contributed by atoms with van der Waals surface area (Å²) in [6.45, 7) is 0. The molecule has 0 bridgehead atoms. The van der Waals surface area contributed by atoms with Crippen LogP contribution in [0.25, 0.3) is 11.1 Å². The van der Waals surface area contributed by atoms with Gasteiger partial charge in [0.1, 0.15) is 5.82 Å². The fraction of sp³-hybridized carbons (Fsp3) is 0.0833. The molecule has 0 amide bonds. The lowest BCUT2D eigenvalue weighted by atomic mass is 10.0. The predicted molar refractivity (Wildman–Crippen MR) is 61.2 cm³/mol. The van der Waals surface area contributed by atoms with Crippen molar-refractivity contribution < 1.29 is 0 Å². The summed E-state index contributed by atoms with van der Waals surface area (Å²) in [4.78, 5) is 8.00. The molecule has 2 aromatic rings. The van der Waals surface area contributed by atoms with Gasteiger partial charge in [-0.05, 0) is 29.3 Å². The topological polar surface area (TPSA) is 75.6 Å². The van der Waals surface area contributed by atoms with Crippen LogP contribution >= 0.6 is 0 Å². The van der Waals surface area contributed by atoms with Crippen LogP contribution in [0.5, 0.6) is 0 Å². The van der Waals surface area contributed by atoms with Gasteiger partial charge in [0.15, 0.2) is 0 Å². The first-order valence-electron chi connectivity index (χ1n) is 4.83. The molecule has 0 aliphatic heterocycles. The number of aromatic nitrogens is 2. The molecule has 78 valence electrons. The summed E-state index contributed by atoms with van der Waals surface area (Å²) in [5.41, 5.74) is 8.42. The molecule has 0 aromatic carbocycles. The van der Waals surface area contributed by atoms with Gasteiger partial charge in [0.05, 0.1) is 12.5 Å². The maximum atomic E-state index is 8.76. The molecule has 2 N–H and O–H groups in total. The van der Waals surface area contributed by atoms with Gasteiger partial charge < -0.3 is 5.73 Å². The maximum absolute atomic E-state index is 8.76. The van der Waals surface area contributed by atoms with Gasteiger partial charge in [-0.3, -0.25) is 4.98 Å². The van der Waals surface area contributed by atoms with Crippen molar-refractivity contribution in [1.82, 2.24) is 9.97 Å². The second-order valence-corrected chi connectivity index (χ2v) is 3.34. The lowest BCUT2D eigenvalue weighted by molar-refractivity contribution is 1.21. The lowest BCUT2D eigenvalue weighted by Crippen LogP contribution is -1.95. The molecular weight excluding hydrogens is 200 g/mol. The van der Waals surface area contributed by atoms with Gasteiger partial charge in [0, 0.05) is 24.2 Å². The molecule has 0 unspecified atom stereocenters. The first-order chi connectivity index (χ1) is 7.81. The number of nitrogens with two attached hydrogens (primary N) is 1. The monoisotopic (exact) mass is 210 g/mol. The molecule has 2 rings (SSSR count). The number of hydrogen-bond acceptors (Lipinski definition) is 4. The summed E-state index contributed by atoms with van der Waals surface area (Å²) < 4.78 is 0. The van der Waals surface area contributed by atoms with E-state index in [9.17, 15) is 0 Å². The zero-order valence-corrected chi connectivity index (χ0v) is 8.59. The zero-order chi connectivity index (χ0) is 11.4. The third kappa shape index (κ3) is 1.98. The highest BCUT2D eigenvalue weighted by atomic mass is 14.8. The molecule has 0 aliphatic rings. The van der Waals surface area contributed by atoms with Crippen molar-refractivity contribution in [1.29, 1.82) is 5.26 Å². The van der Waals surface area contributed by atoms with E-state index in [1.165, 1.54) is 0 Å². The number of nitrogens with zero attached hydrogens (tertiary/aromatic N) is 3. The Hall–Kier alpha value is -2.41. The molecule has 0 saturated heterocycles. The fourth-order valence-corrected chi connectivity index (χ4v) is 1.54. The average molecular weight is 210 g/mol. The first-order valence-corrected chi connectivity index (χ1v) is 4.83. The van der Waals surface area contributed by atoms with E-state index in [1.54, 1.807) is 24.7 Å². The Balaban J connectivity index is 2.53. The molecule has 0 radical (unpaired) electrons. The fourth-order valence-electron chi connectivity index (χ4n) is 1.54. The molecule has 0 atom stereocenters. The molecule has 2 heterocycles. The van der Waals surface area contributed by atoms with Crippen molar-refractivity contribution in [2.45, 2.75) is 6.42 Å². The van der Waals surface area contributed by atoms with Gasteiger partial charge in [-0.2, -0.15) is 5.26 Å². The van der Waals surface area contributed by atoms with E-state index < -0.39 is 0 Å². The van der Waals surface area contributed by atoms with Gasteiger partial charge in [-0.25, -0.2) is 4.98 Å². The normalized spacial score (nSPS) is 9.69. The van der Waals surface area contributed by atoms with E-state index >= 15 is 0 Å². The number of pyridine rings is 2. The molecule has 0 spiro atoms. The van der Waals surface area contributed by atoms with Crippen molar-refractivity contribution in [2.24, 2.45) is 0 Å². The van der Waals surface area contributed by atoms with Crippen LogP contribution in [-0.4, -0.2) is 9.97 Å². The Labute approximate surface area is 93.4 Å². The van der Waals surface area contributed by atoms with Gasteiger partial charge in [0.2, 0.25) is 0 Å². The van der Waals surface area contributed by atoms with E-state index in [2.05, 4.69) is 16.0 Å². The minimum Gasteiger partial charge on any atom is -0.384 e. The SMILES string of the molecule is N#CCc1cc(N)ncc1-c1ccncc1. The second-order valence-electron chi connectivity index (χ2n) is 3.34. The van der Waals surface area contributed by atoms with E-state index in [0.717, 1.165) is 16.7 Å². The summed E-state index contributed by atoms with van der Waals surface area (Å²) in [5.74, 6) is 0.433. The lowest BCUT2D eigenvalue weighted by Gasteiger charge is -2.06. The third-order valence-electron chi connectivity index (χ3n) is 2.27. The van der Waals surface area contributed by atoms with Crippen LogP contribution in [0.4, 0.5) is 5.82 Å². The van der Waals surface area contributed by atoms with Gasteiger partial charge >= 0.3 is 0 Å². The molecule has 16 heavy (non-hydrogen) atoms. The Morgan fingerprint density at radius 3 is 2.75 bits per heavy atom. The molecule has 2 aromatic heterocycles. The summed E-state index contributed by atoms with van der Waals surface area (Å²) in [6.07, 6.45) is 5.44. The first kappa shape index (κ1) is 10.1. The van der Waals surface area contributed by atoms with Crippen molar-refractivity contribution in [3.8, 4) is 17.2 Å². The number of rotatable bonds is 2. The standard InChI is InChI=1S/C12H10N4/c13-4-1-10-7-12(14)16-8-11(10)9-2-5-15-6-3-9/h2-3,5-8H,1H2,(H2,14,16). The van der Waals surface area contributed by atoms with Gasteiger partial charge in [0.25, 0.3) is 0 Å². The van der Waals surface area contributed by atoms with Crippen molar-refractivity contribution >= 4 is 5.82 Å². The highest BCUT2D eigenvalue weighted by Crippen LogP contribution is 2.23. The van der Waals surface area contributed by atoms with Crippen molar-refractivity contribution in [2.75, 3.05) is 5.73 Å². The summed E-state index contributed by atoms with van der Waals surface area (Å²) in [6, 6.07) is 7.62. The summed E-state index contributed by atoms with van der Waals surface area (Å²) in [5, 5.41) is 8.76. The molecule has 4 heteroatoms. The third-order valence-corrected chi connectivity index (χ3v) is 2.27. The second kappa shape index (κ2) is 4.41. The zero-order valence-electron chi connectivity index (χ0n) is 8.59. The number of anilines is 1. The van der Waals surface area contributed by atoms with Gasteiger partial charge in [-0.15, -0.1) is 0 Å². The van der Waals surface area contributed by atoms with Crippen LogP contribution in [0, 0.1) is 11.3 Å². The largest absolute Gasteiger partial charge is 0.384 e. The summed E-state index contributed by atoms with van der Waals surface area (Å²) in [7, 11) is 0. The number of hydrogen-bond donors (Lipinski definition) is 1. The van der Waals surface area contributed by atoms with E-state index in [4.69, 9.17) is 11.0 Å². The Morgan fingerprint density at radius 1 is 1.31 bits per heavy atom. The van der Waals surface area contributed by atoms with Crippen molar-refractivity contribution in [3.05, 3.63) is 42.4 Å². The Kier molecular flexibility index (Phi) is 2.79. The predicted octanol–water partition coefficient (Wildman–Crippen LogP) is 1.79. The minimum atomic E-state index is 0.324. The number of nitrogen functional groups attached to an aromatic ring is 1. The molecule has 0 fully saturated rings. The van der Waals surface area contributed by atoms with Crippen LogP contribution in [0.1, 0.15) is 5.56 Å². The Morgan fingerprint density at radius 2 is 2.06 bits per heavy atom. The molecule has 4 nitrogen and oxygen atoms in total. The van der Waals surface area contributed by atoms with Crippen LogP contribution in [-0.2, 0) is 6.42 Å². The quantitative estimate of drug-likeness (QED) is 0.819. The Bertz CT molecular complexity index is 528. The highest BCUT2D eigenvalue weighted by molar-refractivity contribution is 5.67. The minimum absolute atomic E-state index is 0.324. The number of nitriles is 1. The van der Waals surface area contributed by atoms with Crippen LogP contribution < -0.4 is 5.73 Å². The van der Waals surface area contributed by atoms with Crippen LogP contribution in [0.2, 0.25) is 0 Å². The molecule has 0 aliphatic carbocycles. The van der Waals surface area contributed by atoms with Gasteiger partial charge in [-0.1, -0.05) is 0 Å². The van der Waals surface area contributed by atoms with E-state index in [0.29, 0.717) is 12.2 Å². The highest BCUT2D eigenvalue weighted by Gasteiger charge is 2.05. The molecule has 0 saturated carbocycles. The maximum Gasteiger partial charge on any atom is 0.123 e. The summed E-state index contributed by atoms with van der Waals surface area (Å²) >= 11 is 0. The van der Waals surface area contributed by atoms with Crippen LogP contribution in [0.3, 0.4) is 0 Å². The van der Waals surface area contributed by atoms with Crippen LogP contribution in [0.15, 0.2) is 36.8 Å². The van der Waals surface area contributed by atoms with E-state index in [1.807, 2.05) is 12.1 Å². The van der Waals surface area contributed by atoms with Crippen molar-refractivity contribution in [3.63, 3.8) is 0 Å². The average Bonchev–Trinajstić information content (AvgIpc) is 2.31. The smallest absolute Gasteiger partial charge is 0.123 e. The molecular formula is C12H10N4.